The Morgan fingerprint density at radius 3 is 2.89 bits per heavy atom. The third-order valence-corrected chi connectivity index (χ3v) is 4.66. The van der Waals surface area contributed by atoms with Crippen molar-refractivity contribution in [3.8, 4) is 0 Å². The van der Waals surface area contributed by atoms with Crippen molar-refractivity contribution < 1.29 is 14.7 Å². The predicted molar refractivity (Wildman–Crippen MR) is 105 cm³/mol. The molecular weight excluding hydrogens is 360 g/mol. The molecule has 1 fully saturated rings. The molecule has 1 atom stereocenters. The number of piperidine rings is 1. The summed E-state index contributed by atoms with van der Waals surface area (Å²) in [6.45, 7) is 2.51. The number of benzene rings is 1. The first-order valence-corrected chi connectivity index (χ1v) is 9.12. The number of aliphatic hydroxyl groups is 1. The van der Waals surface area contributed by atoms with Crippen LogP contribution < -0.4 is 16.4 Å². The lowest BCUT2D eigenvalue weighted by Gasteiger charge is -2.32. The van der Waals surface area contributed by atoms with Crippen LogP contribution in [0, 0.1) is 6.92 Å². The van der Waals surface area contributed by atoms with Gasteiger partial charge in [0, 0.05) is 30.9 Å². The predicted octanol–water partition coefficient (Wildman–Crippen LogP) is 1.02. The Bertz CT molecular complexity index is 872. The van der Waals surface area contributed by atoms with Gasteiger partial charge in [0.2, 0.25) is 11.9 Å². The molecule has 5 N–H and O–H groups in total. The van der Waals surface area contributed by atoms with Crippen LogP contribution in [-0.2, 0) is 4.79 Å². The molecule has 148 valence electrons. The lowest BCUT2D eigenvalue weighted by molar-refractivity contribution is -0.135. The van der Waals surface area contributed by atoms with Crippen LogP contribution in [0.4, 0.5) is 17.5 Å². The van der Waals surface area contributed by atoms with Crippen molar-refractivity contribution >= 4 is 29.3 Å². The number of carbonyl (C=O) groups excluding carboxylic acids is 2. The second-order valence-electron chi connectivity index (χ2n) is 6.74. The zero-order chi connectivity index (χ0) is 20.1. The summed E-state index contributed by atoms with van der Waals surface area (Å²) in [5.74, 6) is 0.184. The van der Waals surface area contributed by atoms with Gasteiger partial charge in [0.25, 0.3) is 5.91 Å². The molecule has 0 spiro atoms. The molecule has 28 heavy (non-hydrogen) atoms. The number of nitrogens with two attached hydrogens (primary N) is 1. The molecule has 0 unspecified atom stereocenters. The molecule has 0 aliphatic carbocycles. The molecule has 2 heterocycles. The highest BCUT2D eigenvalue weighted by atomic mass is 16.3. The van der Waals surface area contributed by atoms with Crippen LogP contribution >= 0.6 is 0 Å². The van der Waals surface area contributed by atoms with Gasteiger partial charge in [-0.1, -0.05) is 12.1 Å². The summed E-state index contributed by atoms with van der Waals surface area (Å²) in [5, 5.41) is 15.5. The van der Waals surface area contributed by atoms with Crippen LogP contribution in [-0.4, -0.2) is 57.5 Å². The first kappa shape index (κ1) is 19.6. The third-order valence-electron chi connectivity index (χ3n) is 4.66. The standard InChI is InChI=1S/C19H24N6O3/c1-12-9-21-19(22-13-5-4-8-25(10-13)16(27)11-26)24-18(12)23-15-7-3-2-6-14(15)17(20)28/h2-3,6-7,9,13,26H,4-5,8,10-11H2,1H3,(H2,20,28)(H2,21,22,23,24)/t13-/m0/s1. The van der Waals surface area contributed by atoms with Gasteiger partial charge >= 0.3 is 0 Å². The maximum absolute atomic E-state index is 11.7. The molecule has 2 amide bonds. The number of aryl methyl sites for hydroxylation is 1. The van der Waals surface area contributed by atoms with Gasteiger partial charge < -0.3 is 26.4 Å². The van der Waals surface area contributed by atoms with Crippen LogP contribution in [0.5, 0.6) is 0 Å². The third kappa shape index (κ3) is 4.55. The van der Waals surface area contributed by atoms with E-state index in [0.29, 0.717) is 36.1 Å². The monoisotopic (exact) mass is 384 g/mol. The van der Waals surface area contributed by atoms with E-state index in [-0.39, 0.29) is 11.9 Å². The zero-order valence-corrected chi connectivity index (χ0v) is 15.7. The van der Waals surface area contributed by atoms with Crippen molar-refractivity contribution in [1.29, 1.82) is 0 Å². The molecule has 3 rings (SSSR count). The Balaban J connectivity index is 1.75. The molecule has 1 aromatic carbocycles. The number of aliphatic hydroxyl groups excluding tert-OH is 1. The van der Waals surface area contributed by atoms with E-state index in [1.54, 1.807) is 35.4 Å². The van der Waals surface area contributed by atoms with Crippen LogP contribution in [0.2, 0.25) is 0 Å². The summed E-state index contributed by atoms with van der Waals surface area (Å²) in [6, 6.07) is 6.95. The molecule has 0 bridgehead atoms. The maximum atomic E-state index is 11.7. The SMILES string of the molecule is Cc1cnc(N[C@H]2CCCN(C(=O)CO)C2)nc1Nc1ccccc1C(N)=O. The van der Waals surface area contributed by atoms with Crippen molar-refractivity contribution in [2.45, 2.75) is 25.8 Å². The minimum Gasteiger partial charge on any atom is -0.387 e. The van der Waals surface area contributed by atoms with Crippen LogP contribution in [0.25, 0.3) is 0 Å². The number of carbonyl (C=O) groups is 2. The first-order valence-electron chi connectivity index (χ1n) is 9.12. The minimum atomic E-state index is -0.524. The van der Waals surface area contributed by atoms with Crippen molar-refractivity contribution in [3.63, 3.8) is 0 Å². The van der Waals surface area contributed by atoms with Crippen LogP contribution in [0.15, 0.2) is 30.5 Å². The number of amides is 2. The Morgan fingerprint density at radius 2 is 2.14 bits per heavy atom. The molecule has 2 aromatic rings. The highest BCUT2D eigenvalue weighted by Crippen LogP contribution is 2.23. The number of nitrogens with zero attached hydrogens (tertiary/aromatic N) is 3. The molecule has 1 aliphatic rings. The summed E-state index contributed by atoms with van der Waals surface area (Å²) in [4.78, 5) is 33.8. The number of hydrogen-bond donors (Lipinski definition) is 4. The normalized spacial score (nSPS) is 16.5. The van der Waals surface area contributed by atoms with Gasteiger partial charge in [-0.15, -0.1) is 0 Å². The Hall–Kier alpha value is -3.20. The van der Waals surface area contributed by atoms with Crippen LogP contribution in [0.1, 0.15) is 28.8 Å². The van der Waals surface area contributed by atoms with E-state index in [1.165, 1.54) is 0 Å². The van der Waals surface area contributed by atoms with E-state index in [1.807, 2.05) is 6.92 Å². The molecule has 1 aliphatic heterocycles. The van der Waals surface area contributed by atoms with Crippen molar-refractivity contribution in [1.82, 2.24) is 14.9 Å². The number of hydrogen-bond acceptors (Lipinski definition) is 7. The largest absolute Gasteiger partial charge is 0.387 e. The van der Waals surface area contributed by atoms with E-state index < -0.39 is 12.5 Å². The summed E-state index contributed by atoms with van der Waals surface area (Å²) in [7, 11) is 0. The number of aromatic nitrogens is 2. The summed E-state index contributed by atoms with van der Waals surface area (Å²) in [6.07, 6.45) is 3.40. The number of likely N-dealkylation sites (tertiary alicyclic amines) is 1. The van der Waals surface area contributed by atoms with Crippen LogP contribution in [0.3, 0.4) is 0 Å². The summed E-state index contributed by atoms with van der Waals surface area (Å²) >= 11 is 0. The molecule has 9 nitrogen and oxygen atoms in total. The minimum absolute atomic E-state index is 0.00212. The lowest BCUT2D eigenvalue weighted by Crippen LogP contribution is -2.46. The smallest absolute Gasteiger partial charge is 0.250 e. The number of para-hydroxylation sites is 1. The summed E-state index contributed by atoms with van der Waals surface area (Å²) < 4.78 is 0. The van der Waals surface area contributed by atoms with Gasteiger partial charge in [0.1, 0.15) is 12.4 Å². The Labute approximate surface area is 163 Å². The molecule has 1 aromatic heterocycles. The Morgan fingerprint density at radius 1 is 1.36 bits per heavy atom. The van der Waals surface area contributed by atoms with E-state index in [0.717, 1.165) is 18.4 Å². The van der Waals surface area contributed by atoms with E-state index in [9.17, 15) is 9.59 Å². The fraction of sp³-hybridized carbons (Fsp3) is 0.368. The average molecular weight is 384 g/mol. The van der Waals surface area contributed by atoms with Gasteiger partial charge in [0.05, 0.1) is 11.3 Å². The molecule has 1 saturated heterocycles. The Kier molecular flexibility index (Phi) is 6.05. The number of anilines is 3. The number of nitrogens with one attached hydrogen (secondary N) is 2. The molecule has 0 saturated carbocycles. The van der Waals surface area contributed by atoms with Gasteiger partial charge in [-0.25, -0.2) is 4.98 Å². The van der Waals surface area contributed by atoms with Gasteiger partial charge in [-0.3, -0.25) is 9.59 Å². The van der Waals surface area contributed by atoms with Gasteiger partial charge in [-0.2, -0.15) is 4.98 Å². The number of primary amides is 1. The zero-order valence-electron chi connectivity index (χ0n) is 15.7. The molecule has 9 heteroatoms. The first-order chi connectivity index (χ1) is 13.5. The average Bonchev–Trinajstić information content (AvgIpc) is 2.70. The van der Waals surface area contributed by atoms with E-state index in [4.69, 9.17) is 10.8 Å². The fourth-order valence-electron chi connectivity index (χ4n) is 3.18. The summed E-state index contributed by atoms with van der Waals surface area (Å²) in [5.41, 5.74) is 7.19. The van der Waals surface area contributed by atoms with Crippen molar-refractivity contribution in [2.24, 2.45) is 5.73 Å². The van der Waals surface area contributed by atoms with E-state index >= 15 is 0 Å². The highest BCUT2D eigenvalue weighted by molar-refractivity contribution is 5.99. The quantitative estimate of drug-likeness (QED) is 0.584. The highest BCUT2D eigenvalue weighted by Gasteiger charge is 2.23. The fourth-order valence-corrected chi connectivity index (χ4v) is 3.18. The maximum Gasteiger partial charge on any atom is 0.250 e. The lowest BCUT2D eigenvalue weighted by atomic mass is 10.1. The topological polar surface area (TPSA) is 133 Å². The van der Waals surface area contributed by atoms with Gasteiger partial charge in [0.15, 0.2) is 0 Å². The van der Waals surface area contributed by atoms with Crippen molar-refractivity contribution in [2.75, 3.05) is 30.3 Å². The number of rotatable bonds is 6. The van der Waals surface area contributed by atoms with Gasteiger partial charge in [-0.05, 0) is 31.9 Å². The van der Waals surface area contributed by atoms with E-state index in [2.05, 4.69) is 20.6 Å². The molecular formula is C19H24N6O3. The van der Waals surface area contributed by atoms with Crippen molar-refractivity contribution in [3.05, 3.63) is 41.6 Å². The molecule has 0 radical (unpaired) electrons. The second-order valence-corrected chi connectivity index (χ2v) is 6.74. The second kappa shape index (κ2) is 8.66.